The van der Waals surface area contributed by atoms with Crippen LogP contribution in [-0.2, 0) is 9.53 Å². The Morgan fingerprint density at radius 1 is 1.26 bits per heavy atom. The lowest BCUT2D eigenvalue weighted by Crippen LogP contribution is -2.21. The molecule has 0 fully saturated rings. The van der Waals surface area contributed by atoms with Crippen molar-refractivity contribution in [1.29, 1.82) is 0 Å². The third-order valence-electron chi connectivity index (χ3n) is 2.78. The van der Waals surface area contributed by atoms with Gasteiger partial charge in [-0.3, -0.25) is 4.79 Å². The maximum absolute atomic E-state index is 11.5. The predicted octanol–water partition coefficient (Wildman–Crippen LogP) is 2.69. The van der Waals surface area contributed by atoms with Crippen molar-refractivity contribution in [3.63, 3.8) is 0 Å². The van der Waals surface area contributed by atoms with Gasteiger partial charge in [-0.25, -0.2) is 0 Å². The molecule has 0 aliphatic heterocycles. The highest BCUT2D eigenvalue weighted by Crippen LogP contribution is 2.20. The standard InChI is InChI=1S/C15H23NO3/c1-4-10-19-13-8-6-12(7-9-13)14(16-3)11-15(17)18-5-2/h6-9,14,16H,4-5,10-11H2,1-3H3. The Morgan fingerprint density at radius 3 is 2.47 bits per heavy atom. The van der Waals surface area contributed by atoms with Gasteiger partial charge in [0.1, 0.15) is 5.75 Å². The Kier molecular flexibility index (Phi) is 6.97. The first-order valence-corrected chi connectivity index (χ1v) is 6.76. The first-order chi connectivity index (χ1) is 9.21. The molecular weight excluding hydrogens is 242 g/mol. The highest BCUT2D eigenvalue weighted by Gasteiger charge is 2.14. The van der Waals surface area contributed by atoms with Crippen LogP contribution in [0.25, 0.3) is 0 Å². The first kappa shape index (κ1) is 15.5. The van der Waals surface area contributed by atoms with Crippen LogP contribution in [0.15, 0.2) is 24.3 Å². The van der Waals surface area contributed by atoms with Gasteiger partial charge in [-0.1, -0.05) is 19.1 Å². The molecule has 19 heavy (non-hydrogen) atoms. The highest BCUT2D eigenvalue weighted by molar-refractivity contribution is 5.70. The highest BCUT2D eigenvalue weighted by atomic mass is 16.5. The van der Waals surface area contributed by atoms with E-state index in [1.165, 1.54) is 0 Å². The predicted molar refractivity (Wildman–Crippen MR) is 75.3 cm³/mol. The number of esters is 1. The van der Waals surface area contributed by atoms with Crippen LogP contribution in [-0.4, -0.2) is 26.2 Å². The van der Waals surface area contributed by atoms with Crippen LogP contribution < -0.4 is 10.1 Å². The molecule has 4 nitrogen and oxygen atoms in total. The van der Waals surface area contributed by atoms with E-state index in [0.29, 0.717) is 13.0 Å². The van der Waals surface area contributed by atoms with E-state index in [1.807, 2.05) is 38.2 Å². The van der Waals surface area contributed by atoms with Gasteiger partial charge in [0, 0.05) is 6.04 Å². The molecule has 0 amide bonds. The van der Waals surface area contributed by atoms with Crippen molar-refractivity contribution in [2.75, 3.05) is 20.3 Å². The molecule has 0 bridgehead atoms. The van der Waals surface area contributed by atoms with Gasteiger partial charge >= 0.3 is 5.97 Å². The van der Waals surface area contributed by atoms with Crippen molar-refractivity contribution in [3.05, 3.63) is 29.8 Å². The average molecular weight is 265 g/mol. The van der Waals surface area contributed by atoms with Crippen LogP contribution in [0.3, 0.4) is 0 Å². The number of nitrogens with one attached hydrogen (secondary N) is 1. The molecule has 4 heteroatoms. The molecule has 0 aliphatic rings. The van der Waals surface area contributed by atoms with E-state index >= 15 is 0 Å². The van der Waals surface area contributed by atoms with Crippen molar-refractivity contribution in [1.82, 2.24) is 5.32 Å². The molecule has 0 radical (unpaired) electrons. The lowest BCUT2D eigenvalue weighted by Gasteiger charge is -2.16. The first-order valence-electron chi connectivity index (χ1n) is 6.76. The molecule has 0 saturated carbocycles. The van der Waals surface area contributed by atoms with Gasteiger partial charge in [0.25, 0.3) is 0 Å². The molecule has 1 atom stereocenters. The number of hydrogen-bond acceptors (Lipinski definition) is 4. The van der Waals surface area contributed by atoms with Gasteiger partial charge in [-0.2, -0.15) is 0 Å². The quantitative estimate of drug-likeness (QED) is 0.734. The Morgan fingerprint density at radius 2 is 1.95 bits per heavy atom. The number of ether oxygens (including phenoxy) is 2. The Labute approximate surface area is 115 Å². The summed E-state index contributed by atoms with van der Waals surface area (Å²) in [5.41, 5.74) is 1.06. The summed E-state index contributed by atoms with van der Waals surface area (Å²) >= 11 is 0. The van der Waals surface area contributed by atoms with E-state index in [0.717, 1.165) is 24.3 Å². The van der Waals surface area contributed by atoms with E-state index in [2.05, 4.69) is 12.2 Å². The Hall–Kier alpha value is -1.55. The van der Waals surface area contributed by atoms with Gasteiger partial charge < -0.3 is 14.8 Å². The molecular formula is C15H23NO3. The van der Waals surface area contributed by atoms with Crippen molar-refractivity contribution in [3.8, 4) is 5.75 Å². The molecule has 0 aromatic heterocycles. The summed E-state index contributed by atoms with van der Waals surface area (Å²) < 4.78 is 10.5. The molecule has 1 rings (SSSR count). The average Bonchev–Trinajstić information content (AvgIpc) is 2.43. The molecule has 0 spiro atoms. The molecule has 106 valence electrons. The van der Waals surface area contributed by atoms with Crippen LogP contribution in [0, 0.1) is 0 Å². The summed E-state index contributed by atoms with van der Waals surface area (Å²) in [5.74, 6) is 0.671. The zero-order valence-electron chi connectivity index (χ0n) is 11.9. The van der Waals surface area contributed by atoms with Crippen LogP contribution in [0.5, 0.6) is 5.75 Å². The zero-order valence-corrected chi connectivity index (χ0v) is 11.9. The molecule has 0 saturated heterocycles. The monoisotopic (exact) mass is 265 g/mol. The second-order valence-electron chi connectivity index (χ2n) is 4.27. The number of hydrogen-bond donors (Lipinski definition) is 1. The fourth-order valence-electron chi connectivity index (χ4n) is 1.79. The van der Waals surface area contributed by atoms with Gasteiger partial charge in [-0.15, -0.1) is 0 Å². The van der Waals surface area contributed by atoms with Gasteiger partial charge in [0.05, 0.1) is 19.6 Å². The van der Waals surface area contributed by atoms with Crippen molar-refractivity contribution in [2.24, 2.45) is 0 Å². The third kappa shape index (κ3) is 5.30. The maximum atomic E-state index is 11.5. The Bertz CT molecular complexity index is 375. The summed E-state index contributed by atoms with van der Waals surface area (Å²) in [6, 6.07) is 7.79. The number of carbonyl (C=O) groups excluding carboxylic acids is 1. The fourth-order valence-corrected chi connectivity index (χ4v) is 1.79. The fraction of sp³-hybridized carbons (Fsp3) is 0.533. The molecule has 1 unspecified atom stereocenters. The van der Waals surface area contributed by atoms with Crippen LogP contribution in [0.2, 0.25) is 0 Å². The number of rotatable bonds is 8. The minimum Gasteiger partial charge on any atom is -0.494 e. The van der Waals surface area contributed by atoms with E-state index < -0.39 is 0 Å². The van der Waals surface area contributed by atoms with E-state index in [1.54, 1.807) is 0 Å². The second-order valence-corrected chi connectivity index (χ2v) is 4.27. The van der Waals surface area contributed by atoms with E-state index in [9.17, 15) is 4.79 Å². The van der Waals surface area contributed by atoms with Crippen molar-refractivity contribution < 1.29 is 14.3 Å². The summed E-state index contributed by atoms with van der Waals surface area (Å²) in [5, 5.41) is 3.13. The zero-order chi connectivity index (χ0) is 14.1. The van der Waals surface area contributed by atoms with Crippen LogP contribution >= 0.6 is 0 Å². The summed E-state index contributed by atoms with van der Waals surface area (Å²) in [6.45, 7) is 5.02. The summed E-state index contributed by atoms with van der Waals surface area (Å²) in [7, 11) is 1.84. The number of carbonyl (C=O) groups is 1. The minimum absolute atomic E-state index is 0.0284. The van der Waals surface area contributed by atoms with Crippen molar-refractivity contribution >= 4 is 5.97 Å². The molecule has 1 N–H and O–H groups in total. The Balaban J connectivity index is 2.62. The van der Waals surface area contributed by atoms with E-state index in [-0.39, 0.29) is 12.0 Å². The summed E-state index contributed by atoms with van der Waals surface area (Å²) in [4.78, 5) is 11.5. The lowest BCUT2D eigenvalue weighted by atomic mass is 10.0. The largest absolute Gasteiger partial charge is 0.494 e. The van der Waals surface area contributed by atoms with Gasteiger partial charge in [0.2, 0.25) is 0 Å². The molecule has 0 heterocycles. The van der Waals surface area contributed by atoms with Gasteiger partial charge in [0.15, 0.2) is 0 Å². The van der Waals surface area contributed by atoms with Crippen LogP contribution in [0.4, 0.5) is 0 Å². The van der Waals surface area contributed by atoms with E-state index in [4.69, 9.17) is 9.47 Å². The SMILES string of the molecule is CCCOc1ccc(C(CC(=O)OCC)NC)cc1. The third-order valence-corrected chi connectivity index (χ3v) is 2.78. The summed E-state index contributed by atoms with van der Waals surface area (Å²) in [6.07, 6.45) is 1.32. The molecule has 1 aromatic rings. The number of benzene rings is 1. The minimum atomic E-state index is -0.187. The maximum Gasteiger partial charge on any atom is 0.307 e. The topological polar surface area (TPSA) is 47.6 Å². The lowest BCUT2D eigenvalue weighted by molar-refractivity contribution is -0.143. The van der Waals surface area contributed by atoms with Gasteiger partial charge in [-0.05, 0) is 38.1 Å². The van der Waals surface area contributed by atoms with Crippen LogP contribution in [0.1, 0.15) is 38.3 Å². The van der Waals surface area contributed by atoms with Crippen molar-refractivity contribution in [2.45, 2.75) is 32.7 Å². The molecule has 1 aromatic carbocycles. The molecule has 0 aliphatic carbocycles. The second kappa shape index (κ2) is 8.53. The normalized spacial score (nSPS) is 11.9. The smallest absolute Gasteiger partial charge is 0.307 e.